The molecule has 0 radical (unpaired) electrons. The molecule has 1 aromatic heterocycles. The summed E-state index contributed by atoms with van der Waals surface area (Å²) in [4.78, 5) is 4.20. The Labute approximate surface area is 101 Å². The van der Waals surface area contributed by atoms with Gasteiger partial charge in [-0.05, 0) is 22.0 Å². The molecule has 1 aromatic carbocycles. The third kappa shape index (κ3) is 1.82. The molecule has 0 saturated heterocycles. The molecule has 0 spiro atoms. The van der Waals surface area contributed by atoms with Crippen molar-refractivity contribution in [2.24, 2.45) is 0 Å². The van der Waals surface area contributed by atoms with E-state index in [-0.39, 0.29) is 5.82 Å². The van der Waals surface area contributed by atoms with Gasteiger partial charge in [-0.25, -0.2) is 9.37 Å². The number of anilines is 1. The fourth-order valence-electron chi connectivity index (χ4n) is 1.58. The van der Waals surface area contributed by atoms with E-state index in [9.17, 15) is 4.39 Å². The minimum absolute atomic E-state index is 0.362. The second-order valence-corrected chi connectivity index (χ2v) is 4.25. The van der Waals surface area contributed by atoms with Gasteiger partial charge >= 0.3 is 0 Å². The van der Waals surface area contributed by atoms with Gasteiger partial charge in [-0.1, -0.05) is 6.92 Å². The van der Waals surface area contributed by atoms with Crippen LogP contribution < -0.4 is 5.73 Å². The van der Waals surface area contributed by atoms with Crippen LogP contribution in [-0.2, 0) is 6.42 Å². The Kier molecular flexibility index (Phi) is 2.96. The fourth-order valence-corrected chi connectivity index (χ4v) is 1.91. The van der Waals surface area contributed by atoms with Gasteiger partial charge in [0.05, 0.1) is 15.8 Å². The highest BCUT2D eigenvalue weighted by Gasteiger charge is 2.10. The van der Waals surface area contributed by atoms with Crippen molar-refractivity contribution in [1.29, 1.82) is 0 Å². The highest BCUT2D eigenvalue weighted by atomic mass is 79.9. The van der Waals surface area contributed by atoms with Crippen LogP contribution in [0.25, 0.3) is 5.69 Å². The lowest BCUT2D eigenvalue weighted by Gasteiger charge is -2.10. The zero-order chi connectivity index (χ0) is 11.7. The molecule has 1 heterocycles. The van der Waals surface area contributed by atoms with Crippen molar-refractivity contribution in [2.75, 3.05) is 5.73 Å². The van der Waals surface area contributed by atoms with Crippen molar-refractivity contribution >= 4 is 21.6 Å². The maximum absolute atomic E-state index is 13.2. The van der Waals surface area contributed by atoms with Crippen LogP contribution in [0.3, 0.4) is 0 Å². The van der Waals surface area contributed by atoms with Crippen molar-refractivity contribution in [1.82, 2.24) is 9.55 Å². The predicted molar refractivity (Wildman–Crippen MR) is 65.0 cm³/mol. The molecule has 0 aliphatic rings. The summed E-state index contributed by atoms with van der Waals surface area (Å²) in [5.41, 5.74) is 6.93. The Morgan fingerprint density at radius 1 is 1.50 bits per heavy atom. The molecule has 5 heteroatoms. The van der Waals surface area contributed by atoms with E-state index in [4.69, 9.17) is 5.73 Å². The third-order valence-electron chi connectivity index (χ3n) is 2.36. The predicted octanol–water partition coefficient (Wildman–Crippen LogP) is 2.92. The van der Waals surface area contributed by atoms with Crippen LogP contribution >= 0.6 is 15.9 Å². The normalized spacial score (nSPS) is 10.7. The average Bonchev–Trinajstić information content (AvgIpc) is 2.71. The van der Waals surface area contributed by atoms with Crippen molar-refractivity contribution in [3.8, 4) is 5.69 Å². The van der Waals surface area contributed by atoms with Crippen molar-refractivity contribution in [2.45, 2.75) is 13.3 Å². The minimum atomic E-state index is -0.362. The first-order chi connectivity index (χ1) is 7.63. The summed E-state index contributed by atoms with van der Waals surface area (Å²) in [5.74, 6) is 0.532. The van der Waals surface area contributed by atoms with Gasteiger partial charge in [-0.15, -0.1) is 0 Å². The summed E-state index contributed by atoms with van der Waals surface area (Å²) in [6.45, 7) is 2.01. The van der Waals surface area contributed by atoms with E-state index in [0.717, 1.165) is 17.9 Å². The summed E-state index contributed by atoms with van der Waals surface area (Å²) in [6.07, 6.45) is 4.31. The molecular formula is C11H11BrFN3. The Bertz CT molecular complexity index is 522. The molecule has 0 aliphatic heterocycles. The zero-order valence-electron chi connectivity index (χ0n) is 8.74. The van der Waals surface area contributed by atoms with Crippen molar-refractivity contribution in [3.63, 3.8) is 0 Å². The van der Waals surface area contributed by atoms with E-state index >= 15 is 0 Å². The summed E-state index contributed by atoms with van der Waals surface area (Å²) in [5, 5.41) is 0. The van der Waals surface area contributed by atoms with Crippen LogP contribution in [0.2, 0.25) is 0 Å². The maximum atomic E-state index is 13.2. The number of nitrogen functional groups attached to an aromatic ring is 1. The van der Waals surface area contributed by atoms with Crippen LogP contribution in [0.5, 0.6) is 0 Å². The second kappa shape index (κ2) is 4.25. The molecule has 2 N–H and O–H groups in total. The van der Waals surface area contributed by atoms with Crippen molar-refractivity contribution < 1.29 is 4.39 Å². The van der Waals surface area contributed by atoms with Crippen LogP contribution in [0.15, 0.2) is 29.0 Å². The van der Waals surface area contributed by atoms with E-state index in [1.165, 1.54) is 6.07 Å². The van der Waals surface area contributed by atoms with Gasteiger partial charge < -0.3 is 10.3 Å². The number of hydrogen-bond donors (Lipinski definition) is 1. The molecule has 16 heavy (non-hydrogen) atoms. The summed E-state index contributed by atoms with van der Waals surface area (Å²) < 4.78 is 15.5. The summed E-state index contributed by atoms with van der Waals surface area (Å²) in [7, 11) is 0. The van der Waals surface area contributed by atoms with Crippen LogP contribution in [-0.4, -0.2) is 9.55 Å². The fraction of sp³-hybridized carbons (Fsp3) is 0.182. The van der Waals surface area contributed by atoms with Gasteiger partial charge in [0.2, 0.25) is 0 Å². The Morgan fingerprint density at radius 3 is 2.94 bits per heavy atom. The smallest absolute Gasteiger partial charge is 0.139 e. The molecule has 0 unspecified atom stereocenters. The Balaban J connectivity index is 2.60. The molecular weight excluding hydrogens is 273 g/mol. The lowest BCUT2D eigenvalue weighted by atomic mass is 10.2. The van der Waals surface area contributed by atoms with Gasteiger partial charge in [0.25, 0.3) is 0 Å². The minimum Gasteiger partial charge on any atom is -0.397 e. The van der Waals surface area contributed by atoms with Crippen LogP contribution in [0.1, 0.15) is 12.7 Å². The standard InChI is InChI=1S/C11H11BrFN3/c1-2-11-15-3-4-16(11)10-5-7(12)8(13)6-9(10)14/h3-6H,2,14H2,1H3. The second-order valence-electron chi connectivity index (χ2n) is 3.39. The van der Waals surface area contributed by atoms with Crippen molar-refractivity contribution in [3.05, 3.63) is 40.6 Å². The number of aromatic nitrogens is 2. The van der Waals surface area contributed by atoms with Gasteiger partial charge in [-0.3, -0.25) is 0 Å². The first-order valence-electron chi connectivity index (χ1n) is 4.90. The van der Waals surface area contributed by atoms with Crippen LogP contribution in [0.4, 0.5) is 10.1 Å². The number of hydrogen-bond acceptors (Lipinski definition) is 2. The number of nitrogens with zero attached hydrogens (tertiary/aromatic N) is 2. The quantitative estimate of drug-likeness (QED) is 0.862. The average molecular weight is 284 g/mol. The monoisotopic (exact) mass is 283 g/mol. The van der Waals surface area contributed by atoms with Gasteiger partial charge in [0.1, 0.15) is 11.6 Å². The maximum Gasteiger partial charge on any atom is 0.139 e. The summed E-state index contributed by atoms with van der Waals surface area (Å²) in [6, 6.07) is 2.96. The number of aryl methyl sites for hydroxylation is 1. The number of halogens is 2. The molecule has 0 atom stereocenters. The highest BCUT2D eigenvalue weighted by molar-refractivity contribution is 9.10. The molecule has 0 amide bonds. The molecule has 2 rings (SSSR count). The van der Waals surface area contributed by atoms with E-state index < -0.39 is 0 Å². The molecule has 0 bridgehead atoms. The lowest BCUT2D eigenvalue weighted by Crippen LogP contribution is -2.03. The molecule has 2 aromatic rings. The molecule has 0 aliphatic carbocycles. The molecule has 0 fully saturated rings. The molecule has 3 nitrogen and oxygen atoms in total. The van der Waals surface area contributed by atoms with E-state index in [2.05, 4.69) is 20.9 Å². The number of nitrogens with two attached hydrogens (primary N) is 1. The van der Waals surface area contributed by atoms with Crippen LogP contribution in [0, 0.1) is 5.82 Å². The van der Waals surface area contributed by atoms with Gasteiger partial charge in [0.15, 0.2) is 0 Å². The summed E-state index contributed by atoms with van der Waals surface area (Å²) >= 11 is 3.15. The number of benzene rings is 1. The first-order valence-corrected chi connectivity index (χ1v) is 5.70. The first kappa shape index (κ1) is 11.1. The number of imidazole rings is 1. The zero-order valence-corrected chi connectivity index (χ0v) is 10.3. The number of rotatable bonds is 2. The third-order valence-corrected chi connectivity index (χ3v) is 2.97. The SMILES string of the molecule is CCc1nccn1-c1cc(Br)c(F)cc1N. The van der Waals surface area contributed by atoms with Gasteiger partial charge in [0, 0.05) is 24.9 Å². The molecule has 0 saturated carbocycles. The van der Waals surface area contributed by atoms with Gasteiger partial charge in [-0.2, -0.15) is 0 Å². The largest absolute Gasteiger partial charge is 0.397 e. The van der Waals surface area contributed by atoms with E-state index in [1.807, 2.05) is 17.7 Å². The lowest BCUT2D eigenvalue weighted by molar-refractivity contribution is 0.621. The van der Waals surface area contributed by atoms with E-state index in [1.54, 1.807) is 12.3 Å². The Hall–Kier alpha value is -1.36. The van der Waals surface area contributed by atoms with E-state index in [0.29, 0.717) is 10.2 Å². The molecule has 84 valence electrons. The topological polar surface area (TPSA) is 43.8 Å². The highest BCUT2D eigenvalue weighted by Crippen LogP contribution is 2.26. The Morgan fingerprint density at radius 2 is 2.25 bits per heavy atom.